The van der Waals surface area contributed by atoms with Crippen LogP contribution in [0.1, 0.15) is 51.9 Å². The summed E-state index contributed by atoms with van der Waals surface area (Å²) in [6, 6.07) is -0.170. The van der Waals surface area contributed by atoms with E-state index >= 15 is 0 Å². The zero-order chi connectivity index (χ0) is 14.1. The molecule has 2 aliphatic rings. The van der Waals surface area contributed by atoms with Gasteiger partial charge in [0.1, 0.15) is 0 Å². The van der Waals surface area contributed by atoms with Gasteiger partial charge in [-0.25, -0.2) is 0 Å². The number of hydrogen-bond acceptors (Lipinski definition) is 2. The second-order valence-corrected chi connectivity index (χ2v) is 6.24. The van der Waals surface area contributed by atoms with Gasteiger partial charge in [-0.15, -0.1) is 0 Å². The molecule has 112 valence electrons. The van der Waals surface area contributed by atoms with E-state index in [9.17, 15) is 18.3 Å². The number of nitrogens with one attached hydrogen (secondary N) is 1. The first-order valence-corrected chi connectivity index (χ1v) is 7.37. The maximum Gasteiger partial charge on any atom is 0.391 e. The summed E-state index contributed by atoms with van der Waals surface area (Å²) in [5, 5.41) is 13.9. The van der Waals surface area contributed by atoms with Crippen molar-refractivity contribution < 1.29 is 18.3 Å². The largest absolute Gasteiger partial charge is 0.391 e. The Morgan fingerprint density at radius 2 is 2.05 bits per heavy atom. The third-order valence-corrected chi connectivity index (χ3v) is 4.96. The number of aliphatic hydroxyl groups is 1. The van der Waals surface area contributed by atoms with Crippen LogP contribution in [0.3, 0.4) is 0 Å². The van der Waals surface area contributed by atoms with Crippen LogP contribution in [0.15, 0.2) is 0 Å². The molecule has 2 nitrogen and oxygen atoms in total. The van der Waals surface area contributed by atoms with E-state index in [0.717, 1.165) is 25.8 Å². The number of piperidine rings is 1. The van der Waals surface area contributed by atoms with E-state index in [1.807, 2.05) is 0 Å². The molecule has 19 heavy (non-hydrogen) atoms. The molecule has 4 unspecified atom stereocenters. The molecule has 2 fully saturated rings. The van der Waals surface area contributed by atoms with Crippen LogP contribution in [-0.4, -0.2) is 29.5 Å². The Hall–Kier alpha value is -0.290. The molecule has 0 amide bonds. The van der Waals surface area contributed by atoms with Crippen LogP contribution >= 0.6 is 0 Å². The quantitative estimate of drug-likeness (QED) is 0.813. The molecule has 2 rings (SSSR count). The Morgan fingerprint density at radius 3 is 2.68 bits per heavy atom. The number of rotatable bonds is 2. The molecule has 0 bridgehead atoms. The molecular weight excluding hydrogens is 255 g/mol. The van der Waals surface area contributed by atoms with Crippen LogP contribution in [0.25, 0.3) is 0 Å². The fraction of sp³-hybridized carbons (Fsp3) is 1.00. The predicted molar refractivity (Wildman–Crippen MR) is 67.8 cm³/mol. The van der Waals surface area contributed by atoms with Crippen LogP contribution < -0.4 is 5.32 Å². The van der Waals surface area contributed by atoms with Crippen LogP contribution in [0.2, 0.25) is 0 Å². The van der Waals surface area contributed by atoms with Crippen LogP contribution in [0.5, 0.6) is 0 Å². The van der Waals surface area contributed by atoms with Gasteiger partial charge in [-0.05, 0) is 51.0 Å². The molecule has 1 heterocycles. The van der Waals surface area contributed by atoms with Crippen LogP contribution in [0.4, 0.5) is 13.2 Å². The monoisotopic (exact) mass is 279 g/mol. The van der Waals surface area contributed by atoms with Crippen LogP contribution in [-0.2, 0) is 0 Å². The minimum absolute atomic E-state index is 0.134. The van der Waals surface area contributed by atoms with Gasteiger partial charge in [-0.3, -0.25) is 0 Å². The van der Waals surface area contributed by atoms with Crippen molar-refractivity contribution in [3.8, 4) is 0 Å². The Kier molecular flexibility index (Phi) is 4.45. The van der Waals surface area contributed by atoms with Crippen molar-refractivity contribution in [1.82, 2.24) is 5.32 Å². The molecule has 0 radical (unpaired) electrons. The second kappa shape index (κ2) is 5.60. The minimum Gasteiger partial charge on any atom is -0.388 e. The Labute approximate surface area is 112 Å². The zero-order valence-corrected chi connectivity index (χ0v) is 11.5. The molecule has 5 heteroatoms. The molecule has 1 saturated heterocycles. The van der Waals surface area contributed by atoms with Gasteiger partial charge in [0.15, 0.2) is 0 Å². The van der Waals surface area contributed by atoms with Crippen molar-refractivity contribution in [2.24, 2.45) is 11.8 Å². The molecule has 4 atom stereocenters. The molecule has 1 aliphatic carbocycles. The second-order valence-electron chi connectivity index (χ2n) is 6.24. The lowest BCUT2D eigenvalue weighted by Gasteiger charge is -2.46. The lowest BCUT2D eigenvalue weighted by molar-refractivity contribution is -0.204. The lowest BCUT2D eigenvalue weighted by atomic mass is 9.70. The van der Waals surface area contributed by atoms with Gasteiger partial charge in [0.2, 0.25) is 0 Å². The SMILES string of the molecule is CCC1CCNC(C2(O)CCCC(C(F)(F)F)C2)C1. The van der Waals surface area contributed by atoms with E-state index in [4.69, 9.17) is 0 Å². The first-order valence-electron chi connectivity index (χ1n) is 7.37. The van der Waals surface area contributed by atoms with Gasteiger partial charge >= 0.3 is 6.18 Å². The van der Waals surface area contributed by atoms with Crippen molar-refractivity contribution in [2.45, 2.75) is 69.7 Å². The van der Waals surface area contributed by atoms with E-state index < -0.39 is 17.7 Å². The smallest absolute Gasteiger partial charge is 0.388 e. The normalized spacial score (nSPS) is 41.2. The van der Waals surface area contributed by atoms with Gasteiger partial charge in [0, 0.05) is 6.04 Å². The van der Waals surface area contributed by atoms with E-state index in [1.165, 1.54) is 0 Å². The summed E-state index contributed by atoms with van der Waals surface area (Å²) >= 11 is 0. The van der Waals surface area contributed by atoms with Gasteiger partial charge in [0.25, 0.3) is 0 Å². The summed E-state index contributed by atoms with van der Waals surface area (Å²) in [5.41, 5.74) is -1.17. The maximum absolute atomic E-state index is 12.9. The minimum atomic E-state index is -4.17. The molecule has 0 spiro atoms. The molecule has 0 aromatic carbocycles. The average Bonchev–Trinajstić information content (AvgIpc) is 2.38. The van der Waals surface area contributed by atoms with E-state index in [1.54, 1.807) is 0 Å². The standard InChI is InChI=1S/C14H24F3NO/c1-2-10-5-7-18-12(8-10)13(19)6-3-4-11(9-13)14(15,16)17/h10-12,18-19H,2-9H2,1H3. The van der Waals surface area contributed by atoms with Crippen molar-refractivity contribution in [2.75, 3.05) is 6.54 Å². The zero-order valence-electron chi connectivity index (χ0n) is 11.5. The molecule has 0 aromatic heterocycles. The van der Waals surface area contributed by atoms with Crippen molar-refractivity contribution in [3.05, 3.63) is 0 Å². The summed E-state index contributed by atoms with van der Waals surface area (Å²) in [6.07, 6.45) is -0.281. The number of alkyl halides is 3. The molecule has 2 N–H and O–H groups in total. The summed E-state index contributed by atoms with van der Waals surface area (Å²) in [6.45, 7) is 2.92. The van der Waals surface area contributed by atoms with E-state index in [0.29, 0.717) is 18.8 Å². The topological polar surface area (TPSA) is 32.3 Å². The van der Waals surface area contributed by atoms with Crippen molar-refractivity contribution >= 4 is 0 Å². The Balaban J connectivity index is 2.04. The molecule has 1 saturated carbocycles. The summed E-state index contributed by atoms with van der Waals surface area (Å²) < 4.78 is 38.6. The van der Waals surface area contributed by atoms with Crippen molar-refractivity contribution in [1.29, 1.82) is 0 Å². The number of halogens is 3. The third-order valence-electron chi connectivity index (χ3n) is 4.96. The summed E-state index contributed by atoms with van der Waals surface area (Å²) in [4.78, 5) is 0. The lowest BCUT2D eigenvalue weighted by Crippen LogP contribution is -2.57. The highest BCUT2D eigenvalue weighted by molar-refractivity contribution is 4.99. The first kappa shape index (κ1) is 15.1. The van der Waals surface area contributed by atoms with Gasteiger partial charge in [-0.2, -0.15) is 13.2 Å². The maximum atomic E-state index is 12.9. The van der Waals surface area contributed by atoms with Gasteiger partial charge < -0.3 is 10.4 Å². The number of hydrogen-bond donors (Lipinski definition) is 2. The summed E-state index contributed by atoms with van der Waals surface area (Å²) in [7, 11) is 0. The van der Waals surface area contributed by atoms with Crippen molar-refractivity contribution in [3.63, 3.8) is 0 Å². The highest BCUT2D eigenvalue weighted by Crippen LogP contribution is 2.44. The average molecular weight is 279 g/mol. The third kappa shape index (κ3) is 3.43. The fourth-order valence-electron chi connectivity index (χ4n) is 3.66. The highest BCUT2D eigenvalue weighted by atomic mass is 19.4. The Bertz CT molecular complexity index is 308. The first-order chi connectivity index (χ1) is 8.85. The van der Waals surface area contributed by atoms with E-state index in [-0.39, 0.29) is 18.9 Å². The highest BCUT2D eigenvalue weighted by Gasteiger charge is 2.50. The molecule has 1 aliphatic heterocycles. The predicted octanol–water partition coefficient (Wildman–Crippen LogP) is 3.25. The van der Waals surface area contributed by atoms with Gasteiger partial charge in [-0.1, -0.05) is 13.3 Å². The molecule has 0 aromatic rings. The van der Waals surface area contributed by atoms with Crippen LogP contribution in [0, 0.1) is 11.8 Å². The summed E-state index contributed by atoms with van der Waals surface area (Å²) in [5.74, 6) is -0.809. The fourth-order valence-corrected chi connectivity index (χ4v) is 3.66. The van der Waals surface area contributed by atoms with Gasteiger partial charge in [0.05, 0.1) is 11.5 Å². The van der Waals surface area contributed by atoms with E-state index in [2.05, 4.69) is 12.2 Å². The Morgan fingerprint density at radius 1 is 1.32 bits per heavy atom. The molecular formula is C14H24F3NO.